The van der Waals surface area contributed by atoms with Crippen LogP contribution in [0.1, 0.15) is 32.8 Å². The second kappa shape index (κ2) is 6.09. The lowest BCUT2D eigenvalue weighted by Gasteiger charge is -2.24. The van der Waals surface area contributed by atoms with Crippen molar-refractivity contribution < 1.29 is 4.39 Å². The quantitative estimate of drug-likeness (QED) is 0.836. The molecule has 0 aliphatic heterocycles. The Labute approximate surface area is 97.5 Å². The van der Waals surface area contributed by atoms with Crippen molar-refractivity contribution >= 4 is 12.4 Å². The summed E-state index contributed by atoms with van der Waals surface area (Å²) in [5.41, 5.74) is 1.27. The maximum absolute atomic E-state index is 12.6. The molecule has 0 aromatic heterocycles. The van der Waals surface area contributed by atoms with Crippen LogP contribution in [0.4, 0.5) is 4.39 Å². The van der Waals surface area contributed by atoms with Crippen molar-refractivity contribution in [1.82, 2.24) is 5.32 Å². The van der Waals surface area contributed by atoms with Gasteiger partial charge in [0.2, 0.25) is 0 Å². The minimum absolute atomic E-state index is 0. The van der Waals surface area contributed by atoms with E-state index < -0.39 is 0 Å². The van der Waals surface area contributed by atoms with Crippen LogP contribution in [-0.2, 0) is 6.54 Å². The molecule has 1 aromatic rings. The highest BCUT2D eigenvalue weighted by Gasteiger charge is 2.12. The fraction of sp³-hybridized carbons (Fsp3) is 0.500. The summed E-state index contributed by atoms with van der Waals surface area (Å²) in [6, 6.07) is 6.62. The minimum atomic E-state index is -0.177. The highest BCUT2D eigenvalue weighted by Crippen LogP contribution is 2.09. The number of benzene rings is 1. The molecule has 0 heterocycles. The molecule has 1 nitrogen and oxygen atoms in total. The summed E-state index contributed by atoms with van der Waals surface area (Å²) in [6.07, 6.45) is 1.08. The molecule has 0 saturated heterocycles. The van der Waals surface area contributed by atoms with Gasteiger partial charge in [0.25, 0.3) is 0 Å². The molecule has 0 spiro atoms. The van der Waals surface area contributed by atoms with Gasteiger partial charge in [-0.25, -0.2) is 4.39 Å². The molecule has 15 heavy (non-hydrogen) atoms. The zero-order valence-corrected chi connectivity index (χ0v) is 10.3. The van der Waals surface area contributed by atoms with E-state index in [1.807, 2.05) is 12.1 Å². The molecule has 0 unspecified atom stereocenters. The van der Waals surface area contributed by atoms with Crippen molar-refractivity contribution in [2.24, 2.45) is 0 Å². The lowest BCUT2D eigenvalue weighted by Crippen LogP contribution is -2.37. The molecule has 1 rings (SSSR count). The second-order valence-electron chi connectivity index (χ2n) is 4.22. The van der Waals surface area contributed by atoms with E-state index in [9.17, 15) is 4.39 Å². The summed E-state index contributed by atoms with van der Waals surface area (Å²) in [6.45, 7) is 7.27. The average Bonchev–Trinajstić information content (AvgIpc) is 2.17. The number of rotatable bonds is 4. The van der Waals surface area contributed by atoms with Gasteiger partial charge in [0.05, 0.1) is 0 Å². The summed E-state index contributed by atoms with van der Waals surface area (Å²) in [4.78, 5) is 0. The fourth-order valence-corrected chi connectivity index (χ4v) is 1.07. The molecular weight excluding hydrogens is 213 g/mol. The Morgan fingerprint density at radius 2 is 1.73 bits per heavy atom. The molecular formula is C12H19ClFN. The lowest BCUT2D eigenvalue weighted by molar-refractivity contribution is 0.374. The van der Waals surface area contributed by atoms with Gasteiger partial charge in [0.1, 0.15) is 5.82 Å². The van der Waals surface area contributed by atoms with Crippen molar-refractivity contribution in [3.63, 3.8) is 0 Å². The van der Waals surface area contributed by atoms with E-state index in [-0.39, 0.29) is 23.8 Å². The van der Waals surface area contributed by atoms with Gasteiger partial charge in [0.15, 0.2) is 0 Å². The van der Waals surface area contributed by atoms with E-state index in [1.54, 1.807) is 0 Å². The smallest absolute Gasteiger partial charge is 0.123 e. The zero-order valence-electron chi connectivity index (χ0n) is 9.51. The third-order valence-corrected chi connectivity index (χ3v) is 2.57. The third-order valence-electron chi connectivity index (χ3n) is 2.57. The Kier molecular flexibility index (Phi) is 5.84. The van der Waals surface area contributed by atoms with Crippen LogP contribution in [-0.4, -0.2) is 5.54 Å². The SMILES string of the molecule is CCC(C)(C)NCc1ccc(F)cc1.Cl. The van der Waals surface area contributed by atoms with Crippen molar-refractivity contribution in [3.8, 4) is 0 Å². The minimum Gasteiger partial charge on any atom is -0.308 e. The first-order valence-corrected chi connectivity index (χ1v) is 5.03. The average molecular weight is 232 g/mol. The van der Waals surface area contributed by atoms with E-state index in [0.717, 1.165) is 18.5 Å². The van der Waals surface area contributed by atoms with Crippen LogP contribution in [0.3, 0.4) is 0 Å². The van der Waals surface area contributed by atoms with Gasteiger partial charge in [-0.05, 0) is 38.0 Å². The molecule has 0 aliphatic carbocycles. The van der Waals surface area contributed by atoms with Gasteiger partial charge in [-0.15, -0.1) is 12.4 Å². The largest absolute Gasteiger partial charge is 0.308 e. The molecule has 0 saturated carbocycles. The molecule has 1 aromatic carbocycles. The van der Waals surface area contributed by atoms with Crippen LogP contribution in [0.2, 0.25) is 0 Å². The van der Waals surface area contributed by atoms with Gasteiger partial charge in [-0.1, -0.05) is 19.1 Å². The molecule has 3 heteroatoms. The summed E-state index contributed by atoms with van der Waals surface area (Å²) in [7, 11) is 0. The third kappa shape index (κ3) is 5.14. The Morgan fingerprint density at radius 3 is 2.20 bits per heavy atom. The van der Waals surface area contributed by atoms with Crippen LogP contribution in [0.5, 0.6) is 0 Å². The van der Waals surface area contributed by atoms with E-state index in [4.69, 9.17) is 0 Å². The van der Waals surface area contributed by atoms with Gasteiger partial charge >= 0.3 is 0 Å². The van der Waals surface area contributed by atoms with Crippen molar-refractivity contribution in [2.75, 3.05) is 0 Å². The Balaban J connectivity index is 0.00000196. The van der Waals surface area contributed by atoms with Crippen LogP contribution in [0.25, 0.3) is 0 Å². The van der Waals surface area contributed by atoms with E-state index in [1.165, 1.54) is 12.1 Å². The van der Waals surface area contributed by atoms with Gasteiger partial charge in [-0.3, -0.25) is 0 Å². The number of hydrogen-bond donors (Lipinski definition) is 1. The fourth-order valence-electron chi connectivity index (χ4n) is 1.07. The van der Waals surface area contributed by atoms with Crippen LogP contribution < -0.4 is 5.32 Å². The van der Waals surface area contributed by atoms with E-state index in [2.05, 4.69) is 26.1 Å². The first-order chi connectivity index (χ1) is 6.53. The predicted octanol–water partition coefficient (Wildman–Crippen LogP) is 3.53. The monoisotopic (exact) mass is 231 g/mol. The summed E-state index contributed by atoms with van der Waals surface area (Å²) < 4.78 is 12.6. The first kappa shape index (κ1) is 14.4. The number of nitrogens with one attached hydrogen (secondary N) is 1. The number of halogens is 2. The maximum atomic E-state index is 12.6. The summed E-state index contributed by atoms with van der Waals surface area (Å²) >= 11 is 0. The molecule has 86 valence electrons. The molecule has 0 fully saturated rings. The summed E-state index contributed by atoms with van der Waals surface area (Å²) in [5, 5.41) is 3.42. The Hall–Kier alpha value is -0.600. The molecule has 0 atom stereocenters. The molecule has 0 amide bonds. The molecule has 0 aliphatic rings. The van der Waals surface area contributed by atoms with Crippen LogP contribution in [0, 0.1) is 5.82 Å². The molecule has 0 radical (unpaired) electrons. The van der Waals surface area contributed by atoms with Crippen molar-refractivity contribution in [3.05, 3.63) is 35.6 Å². The standard InChI is InChI=1S/C12H18FN.ClH/c1-4-12(2,3)14-9-10-5-7-11(13)8-6-10;/h5-8,14H,4,9H2,1-3H3;1H. The van der Waals surface area contributed by atoms with Crippen LogP contribution in [0.15, 0.2) is 24.3 Å². The van der Waals surface area contributed by atoms with Crippen molar-refractivity contribution in [2.45, 2.75) is 39.3 Å². The second-order valence-corrected chi connectivity index (χ2v) is 4.22. The summed E-state index contributed by atoms with van der Waals surface area (Å²) in [5.74, 6) is -0.177. The Bertz CT molecular complexity index is 282. The predicted molar refractivity (Wildman–Crippen MR) is 64.9 cm³/mol. The van der Waals surface area contributed by atoms with Gasteiger partial charge < -0.3 is 5.32 Å². The molecule has 0 bridgehead atoms. The van der Waals surface area contributed by atoms with E-state index >= 15 is 0 Å². The number of hydrogen-bond acceptors (Lipinski definition) is 1. The normalized spacial score (nSPS) is 10.9. The van der Waals surface area contributed by atoms with Crippen LogP contribution >= 0.6 is 12.4 Å². The van der Waals surface area contributed by atoms with Gasteiger partial charge in [-0.2, -0.15) is 0 Å². The highest BCUT2D eigenvalue weighted by molar-refractivity contribution is 5.85. The lowest BCUT2D eigenvalue weighted by atomic mass is 10.0. The first-order valence-electron chi connectivity index (χ1n) is 5.03. The molecule has 1 N–H and O–H groups in total. The van der Waals surface area contributed by atoms with E-state index in [0.29, 0.717) is 0 Å². The van der Waals surface area contributed by atoms with Crippen molar-refractivity contribution in [1.29, 1.82) is 0 Å². The topological polar surface area (TPSA) is 12.0 Å². The Morgan fingerprint density at radius 1 is 1.20 bits per heavy atom. The van der Waals surface area contributed by atoms with Gasteiger partial charge in [0, 0.05) is 12.1 Å². The highest BCUT2D eigenvalue weighted by atomic mass is 35.5. The maximum Gasteiger partial charge on any atom is 0.123 e. The zero-order chi connectivity index (χ0) is 10.6.